The summed E-state index contributed by atoms with van der Waals surface area (Å²) in [7, 11) is 4.03. The predicted octanol–water partition coefficient (Wildman–Crippen LogP) is 4.60. The van der Waals surface area contributed by atoms with Crippen LogP contribution in [0, 0.1) is 24.2 Å². The topological polar surface area (TPSA) is 67.4 Å². The van der Waals surface area contributed by atoms with Crippen molar-refractivity contribution in [3.63, 3.8) is 0 Å². The van der Waals surface area contributed by atoms with Gasteiger partial charge in [-0.2, -0.15) is 0 Å². The van der Waals surface area contributed by atoms with Gasteiger partial charge in [-0.15, -0.1) is 0 Å². The van der Waals surface area contributed by atoms with E-state index in [0.29, 0.717) is 27.4 Å². The minimum absolute atomic E-state index is 0.0204. The number of piperidine rings is 1. The normalized spacial score (nSPS) is 18.1. The van der Waals surface area contributed by atoms with Crippen LogP contribution in [0.2, 0.25) is 10.0 Å². The van der Waals surface area contributed by atoms with Gasteiger partial charge in [-0.25, -0.2) is 4.98 Å². The summed E-state index contributed by atoms with van der Waals surface area (Å²) in [5, 5.41) is 0.739. The highest BCUT2D eigenvalue weighted by Crippen LogP contribution is 2.51. The number of nitrogens with zero attached hydrogens (tertiary/aromatic N) is 4. The third-order valence-electron chi connectivity index (χ3n) is 7.64. The molecule has 2 N–H and O–H groups in total. The zero-order chi connectivity index (χ0) is 26.3. The molecule has 5 rings (SSSR count). The van der Waals surface area contributed by atoms with Crippen molar-refractivity contribution in [2.75, 3.05) is 38.6 Å². The number of rotatable bonds is 3. The van der Waals surface area contributed by atoms with E-state index < -0.39 is 0 Å². The average molecular weight is 537 g/mol. The molecule has 8 heteroatoms. The van der Waals surface area contributed by atoms with Gasteiger partial charge in [-0.3, -0.25) is 14.3 Å². The zero-order valence-electron chi connectivity index (χ0n) is 21.4. The van der Waals surface area contributed by atoms with E-state index >= 15 is 0 Å². The molecule has 1 saturated heterocycles. The summed E-state index contributed by atoms with van der Waals surface area (Å²) in [6.45, 7) is 4.14. The maximum absolute atomic E-state index is 13.1. The smallest absolute Gasteiger partial charge is 0.260 e. The lowest BCUT2D eigenvalue weighted by Crippen LogP contribution is -2.45. The maximum Gasteiger partial charge on any atom is 0.260 e. The number of hydrogen-bond acceptors (Lipinski definition) is 5. The molecule has 1 aliphatic carbocycles. The number of benzene rings is 2. The van der Waals surface area contributed by atoms with Crippen LogP contribution in [0.15, 0.2) is 47.3 Å². The fourth-order valence-corrected chi connectivity index (χ4v) is 5.99. The van der Waals surface area contributed by atoms with E-state index in [9.17, 15) is 4.79 Å². The lowest BCUT2D eigenvalue weighted by molar-refractivity contribution is 0.187. The Morgan fingerprint density at radius 3 is 2.62 bits per heavy atom. The Morgan fingerprint density at radius 1 is 1.16 bits per heavy atom. The molecule has 0 radical (unpaired) electrons. The third-order valence-corrected chi connectivity index (χ3v) is 8.45. The second-order valence-corrected chi connectivity index (χ2v) is 11.2. The summed E-state index contributed by atoms with van der Waals surface area (Å²) in [5.41, 5.74) is 10.8. The van der Waals surface area contributed by atoms with Gasteiger partial charge in [0.1, 0.15) is 11.6 Å². The monoisotopic (exact) mass is 535 g/mol. The number of nitrogens with two attached hydrogens (primary N) is 1. The highest BCUT2D eigenvalue weighted by molar-refractivity contribution is 6.43. The van der Waals surface area contributed by atoms with Crippen LogP contribution in [0.25, 0.3) is 5.69 Å². The van der Waals surface area contributed by atoms with Crippen LogP contribution >= 0.6 is 23.2 Å². The Balaban J connectivity index is 1.33. The summed E-state index contributed by atoms with van der Waals surface area (Å²) in [5.74, 6) is 7.74. The van der Waals surface area contributed by atoms with E-state index in [0.717, 1.165) is 44.5 Å². The highest BCUT2D eigenvalue weighted by Gasteiger charge is 2.46. The molecule has 3 aromatic rings. The molecule has 0 amide bonds. The molecule has 1 aliphatic heterocycles. The molecule has 0 unspecified atom stereocenters. The van der Waals surface area contributed by atoms with Crippen LogP contribution in [0.1, 0.15) is 41.4 Å². The molecular weight excluding hydrogens is 505 g/mol. The lowest BCUT2D eigenvalue weighted by Gasteiger charge is -2.42. The first-order valence-electron chi connectivity index (χ1n) is 12.5. The fourth-order valence-electron chi connectivity index (χ4n) is 5.61. The number of fused-ring (bicyclic) bond motifs is 1. The van der Waals surface area contributed by atoms with E-state index in [1.165, 1.54) is 15.7 Å². The van der Waals surface area contributed by atoms with Crippen molar-refractivity contribution in [1.82, 2.24) is 14.5 Å². The second kappa shape index (κ2) is 10.2. The summed E-state index contributed by atoms with van der Waals surface area (Å²) in [4.78, 5) is 22.1. The van der Waals surface area contributed by atoms with Crippen molar-refractivity contribution in [3.8, 4) is 17.5 Å². The van der Waals surface area contributed by atoms with Gasteiger partial charge < -0.3 is 10.6 Å². The van der Waals surface area contributed by atoms with Gasteiger partial charge in [0.25, 0.3) is 5.56 Å². The standard InChI is InChI=1S/C29H31Cl2N5O/c1-19-33-25(17-26(37)36(19)24-8-4-7-23(30)27(24)31)35-14-11-29(12-15-35)18-21-10-9-20(6-5-13-34(2)3)16-22(21)28(29)32/h4,7-10,16-17,28H,11-15,18,32H2,1-3H3/t28-/m1/s1. The molecule has 192 valence electrons. The molecule has 0 bridgehead atoms. The quantitative estimate of drug-likeness (QED) is 0.496. The lowest BCUT2D eigenvalue weighted by atomic mass is 9.73. The summed E-state index contributed by atoms with van der Waals surface area (Å²) < 4.78 is 1.51. The van der Waals surface area contributed by atoms with Gasteiger partial charge in [0.2, 0.25) is 0 Å². The molecule has 1 fully saturated rings. The van der Waals surface area contributed by atoms with Crippen LogP contribution < -0.4 is 16.2 Å². The first kappa shape index (κ1) is 25.8. The van der Waals surface area contributed by atoms with E-state index in [-0.39, 0.29) is 17.0 Å². The minimum atomic E-state index is -0.181. The molecule has 2 aromatic carbocycles. The molecule has 0 saturated carbocycles. The van der Waals surface area contributed by atoms with Crippen LogP contribution in [-0.2, 0) is 6.42 Å². The Hall–Kier alpha value is -2.82. The minimum Gasteiger partial charge on any atom is -0.356 e. The van der Waals surface area contributed by atoms with E-state index in [2.05, 4.69) is 39.8 Å². The molecule has 2 aliphatic rings. The first-order chi connectivity index (χ1) is 17.7. The highest BCUT2D eigenvalue weighted by atomic mass is 35.5. The van der Waals surface area contributed by atoms with Crippen LogP contribution in [0.3, 0.4) is 0 Å². The molecule has 1 atom stereocenters. The van der Waals surface area contributed by atoms with Gasteiger partial charge in [0, 0.05) is 30.8 Å². The summed E-state index contributed by atoms with van der Waals surface area (Å²) in [6, 6.07) is 13.3. The van der Waals surface area contributed by atoms with Gasteiger partial charge >= 0.3 is 0 Å². The van der Waals surface area contributed by atoms with Crippen molar-refractivity contribution in [3.05, 3.63) is 85.4 Å². The van der Waals surface area contributed by atoms with E-state index in [1.54, 1.807) is 24.3 Å². The van der Waals surface area contributed by atoms with Gasteiger partial charge in [0.05, 0.1) is 22.3 Å². The largest absolute Gasteiger partial charge is 0.356 e. The Bertz CT molecular complexity index is 1460. The van der Waals surface area contributed by atoms with Crippen molar-refractivity contribution in [1.29, 1.82) is 0 Å². The number of hydrogen-bond donors (Lipinski definition) is 1. The number of anilines is 1. The van der Waals surface area contributed by atoms with Gasteiger partial charge in [-0.05, 0) is 81.1 Å². The Kier molecular flexibility index (Phi) is 7.08. The van der Waals surface area contributed by atoms with E-state index in [4.69, 9.17) is 33.9 Å². The van der Waals surface area contributed by atoms with Crippen molar-refractivity contribution in [2.45, 2.75) is 32.2 Å². The molecule has 1 spiro atoms. The van der Waals surface area contributed by atoms with Gasteiger partial charge in [-0.1, -0.05) is 47.2 Å². The number of aryl methyl sites for hydroxylation is 1. The molecule has 37 heavy (non-hydrogen) atoms. The van der Waals surface area contributed by atoms with E-state index in [1.807, 2.05) is 21.0 Å². The van der Waals surface area contributed by atoms with Crippen molar-refractivity contribution >= 4 is 29.0 Å². The summed E-state index contributed by atoms with van der Waals surface area (Å²) in [6.07, 6.45) is 2.85. The molecule has 2 heterocycles. The Morgan fingerprint density at radius 2 is 1.92 bits per heavy atom. The van der Waals surface area contributed by atoms with Crippen molar-refractivity contribution < 1.29 is 0 Å². The maximum atomic E-state index is 13.1. The first-order valence-corrected chi connectivity index (χ1v) is 13.3. The van der Waals surface area contributed by atoms with Crippen LogP contribution in [-0.4, -0.2) is 48.2 Å². The Labute approximate surface area is 228 Å². The molecule has 6 nitrogen and oxygen atoms in total. The zero-order valence-corrected chi connectivity index (χ0v) is 22.9. The van der Waals surface area contributed by atoms with Gasteiger partial charge in [0.15, 0.2) is 0 Å². The fraction of sp³-hybridized carbons (Fsp3) is 0.379. The second-order valence-electron chi connectivity index (χ2n) is 10.4. The molecule has 1 aromatic heterocycles. The summed E-state index contributed by atoms with van der Waals surface area (Å²) >= 11 is 12.6. The average Bonchev–Trinajstić information content (AvgIpc) is 3.12. The number of aromatic nitrogens is 2. The molecular formula is C29H31Cl2N5O. The predicted molar refractivity (Wildman–Crippen MR) is 151 cm³/mol. The van der Waals surface area contributed by atoms with Crippen LogP contribution in [0.4, 0.5) is 5.82 Å². The van der Waals surface area contributed by atoms with Crippen molar-refractivity contribution in [2.24, 2.45) is 11.1 Å². The number of halogens is 2. The van der Waals surface area contributed by atoms with Crippen LogP contribution in [0.5, 0.6) is 0 Å². The SMILES string of the molecule is Cc1nc(N2CCC3(CC2)Cc2ccc(C#CCN(C)C)cc2[C@H]3N)cc(=O)n1-c1cccc(Cl)c1Cl. The third kappa shape index (κ3) is 4.89.